The summed E-state index contributed by atoms with van der Waals surface area (Å²) >= 11 is 0. The van der Waals surface area contributed by atoms with Gasteiger partial charge in [0.05, 0.1) is 30.3 Å². The van der Waals surface area contributed by atoms with Crippen LogP contribution >= 0.6 is 0 Å². The number of carbonyl (C=O) groups excluding carboxylic acids is 1. The number of carbonyl (C=O) groups is 1. The number of amides is 1. The summed E-state index contributed by atoms with van der Waals surface area (Å²) in [7, 11) is 0. The third-order valence-electron chi connectivity index (χ3n) is 3.73. The zero-order valence-electron chi connectivity index (χ0n) is 13.7. The standard InChI is InChI=1S/C18H15N7O/c26-18(17-13-25(23-22-17)16-4-2-1-3-5-16)21-15-10-20-24(12-15)11-14-6-8-19-9-7-14/h1-10,12-13H,11H2,(H,21,26). The molecule has 1 amide bonds. The van der Waals surface area contributed by atoms with Gasteiger partial charge >= 0.3 is 0 Å². The zero-order valence-corrected chi connectivity index (χ0v) is 13.7. The van der Waals surface area contributed by atoms with Gasteiger partial charge in [0.25, 0.3) is 5.91 Å². The van der Waals surface area contributed by atoms with Gasteiger partial charge in [-0.3, -0.25) is 14.5 Å². The molecule has 1 aromatic carbocycles. The van der Waals surface area contributed by atoms with Crippen LogP contribution in [0.25, 0.3) is 5.69 Å². The van der Waals surface area contributed by atoms with Gasteiger partial charge in [-0.15, -0.1) is 5.10 Å². The van der Waals surface area contributed by atoms with Crippen molar-refractivity contribution >= 4 is 11.6 Å². The van der Waals surface area contributed by atoms with Crippen LogP contribution in [0.5, 0.6) is 0 Å². The Morgan fingerprint density at radius 3 is 2.65 bits per heavy atom. The smallest absolute Gasteiger partial charge is 0.277 e. The molecule has 0 atom stereocenters. The van der Waals surface area contributed by atoms with Crippen molar-refractivity contribution in [3.63, 3.8) is 0 Å². The first-order valence-electron chi connectivity index (χ1n) is 7.98. The minimum Gasteiger partial charge on any atom is -0.318 e. The highest BCUT2D eigenvalue weighted by Gasteiger charge is 2.12. The Kier molecular flexibility index (Phi) is 4.21. The van der Waals surface area contributed by atoms with E-state index in [1.165, 1.54) is 0 Å². The van der Waals surface area contributed by atoms with Crippen molar-refractivity contribution in [2.75, 3.05) is 5.32 Å². The van der Waals surface area contributed by atoms with Crippen LogP contribution in [-0.2, 0) is 6.54 Å². The van der Waals surface area contributed by atoms with Crippen LogP contribution in [0.15, 0.2) is 73.4 Å². The van der Waals surface area contributed by atoms with Crippen molar-refractivity contribution in [2.45, 2.75) is 6.54 Å². The maximum absolute atomic E-state index is 12.4. The number of hydrogen-bond acceptors (Lipinski definition) is 5. The van der Waals surface area contributed by atoms with E-state index in [-0.39, 0.29) is 11.6 Å². The molecule has 0 saturated carbocycles. The summed E-state index contributed by atoms with van der Waals surface area (Å²) in [5, 5.41) is 14.9. The van der Waals surface area contributed by atoms with Crippen LogP contribution in [0.4, 0.5) is 5.69 Å². The molecule has 0 aliphatic heterocycles. The van der Waals surface area contributed by atoms with Crippen LogP contribution in [0.2, 0.25) is 0 Å². The van der Waals surface area contributed by atoms with Crippen molar-refractivity contribution in [3.8, 4) is 5.69 Å². The molecule has 0 fully saturated rings. The molecule has 0 aliphatic rings. The molecule has 128 valence electrons. The van der Waals surface area contributed by atoms with Crippen LogP contribution in [0, 0.1) is 0 Å². The van der Waals surface area contributed by atoms with Gasteiger partial charge in [-0.1, -0.05) is 23.4 Å². The van der Waals surface area contributed by atoms with Crippen LogP contribution in [0.1, 0.15) is 16.1 Å². The van der Waals surface area contributed by atoms with Gasteiger partial charge in [0.15, 0.2) is 5.69 Å². The number of para-hydroxylation sites is 1. The fourth-order valence-electron chi connectivity index (χ4n) is 2.46. The first-order chi connectivity index (χ1) is 12.8. The first-order valence-corrected chi connectivity index (χ1v) is 7.98. The number of hydrogen-bond donors (Lipinski definition) is 1. The van der Waals surface area contributed by atoms with Crippen molar-refractivity contribution in [3.05, 3.63) is 84.7 Å². The molecule has 0 bridgehead atoms. The van der Waals surface area contributed by atoms with Crippen LogP contribution in [0.3, 0.4) is 0 Å². The van der Waals surface area contributed by atoms with Crippen LogP contribution < -0.4 is 5.32 Å². The van der Waals surface area contributed by atoms with Crippen molar-refractivity contribution in [1.82, 2.24) is 29.8 Å². The number of aromatic nitrogens is 6. The topological polar surface area (TPSA) is 90.5 Å². The molecule has 26 heavy (non-hydrogen) atoms. The van der Waals surface area contributed by atoms with Gasteiger partial charge < -0.3 is 5.32 Å². The molecule has 8 heteroatoms. The Labute approximate surface area is 149 Å². The highest BCUT2D eigenvalue weighted by molar-refractivity contribution is 6.02. The third-order valence-corrected chi connectivity index (χ3v) is 3.73. The highest BCUT2D eigenvalue weighted by atomic mass is 16.2. The van der Waals surface area contributed by atoms with Gasteiger partial charge in [-0.25, -0.2) is 4.68 Å². The lowest BCUT2D eigenvalue weighted by molar-refractivity contribution is 0.102. The summed E-state index contributed by atoms with van der Waals surface area (Å²) in [6.07, 6.45) is 8.42. The van der Waals surface area contributed by atoms with E-state index in [0.29, 0.717) is 12.2 Å². The van der Waals surface area contributed by atoms with Crippen LogP contribution in [-0.4, -0.2) is 35.7 Å². The lowest BCUT2D eigenvalue weighted by Crippen LogP contribution is -2.12. The average molecular weight is 345 g/mol. The second-order valence-corrected chi connectivity index (χ2v) is 5.62. The predicted molar refractivity (Wildman–Crippen MR) is 94.9 cm³/mol. The number of benzene rings is 1. The van der Waals surface area contributed by atoms with Gasteiger partial charge in [0.2, 0.25) is 0 Å². The fraction of sp³-hybridized carbons (Fsp3) is 0.0556. The molecule has 1 N–H and O–H groups in total. The van der Waals surface area contributed by atoms with E-state index in [4.69, 9.17) is 0 Å². The van der Waals surface area contributed by atoms with Gasteiger partial charge in [0.1, 0.15) is 0 Å². The Balaban J connectivity index is 1.43. The molecular weight excluding hydrogens is 330 g/mol. The van der Waals surface area contributed by atoms with Gasteiger partial charge in [0, 0.05) is 18.6 Å². The van der Waals surface area contributed by atoms with Crippen molar-refractivity contribution in [1.29, 1.82) is 0 Å². The van der Waals surface area contributed by atoms with E-state index in [0.717, 1.165) is 11.3 Å². The van der Waals surface area contributed by atoms with E-state index >= 15 is 0 Å². The fourth-order valence-corrected chi connectivity index (χ4v) is 2.46. The lowest BCUT2D eigenvalue weighted by Gasteiger charge is -2.01. The number of nitrogens with one attached hydrogen (secondary N) is 1. The molecule has 0 saturated heterocycles. The third kappa shape index (κ3) is 3.48. The SMILES string of the molecule is O=C(Nc1cnn(Cc2ccncc2)c1)c1cn(-c2ccccc2)nn1. The Hall–Kier alpha value is -3.81. The van der Waals surface area contributed by atoms with Crippen molar-refractivity contribution in [2.24, 2.45) is 0 Å². The molecule has 3 heterocycles. The summed E-state index contributed by atoms with van der Waals surface area (Å²) in [6, 6.07) is 13.3. The molecule has 0 spiro atoms. The van der Waals surface area contributed by atoms with E-state index in [9.17, 15) is 4.79 Å². The molecular formula is C18H15N7O. The molecule has 8 nitrogen and oxygen atoms in total. The quantitative estimate of drug-likeness (QED) is 0.598. The summed E-state index contributed by atoms with van der Waals surface area (Å²) in [6.45, 7) is 0.600. The van der Waals surface area contributed by atoms with Gasteiger partial charge in [-0.2, -0.15) is 5.10 Å². The lowest BCUT2D eigenvalue weighted by atomic mass is 10.3. The summed E-state index contributed by atoms with van der Waals surface area (Å²) in [5.74, 6) is -0.337. The Morgan fingerprint density at radius 2 is 1.85 bits per heavy atom. The largest absolute Gasteiger partial charge is 0.318 e. The number of rotatable bonds is 5. The number of pyridine rings is 1. The zero-order chi connectivity index (χ0) is 17.8. The summed E-state index contributed by atoms with van der Waals surface area (Å²) in [4.78, 5) is 16.3. The van der Waals surface area contributed by atoms with E-state index in [1.807, 2.05) is 42.5 Å². The normalized spacial score (nSPS) is 10.6. The number of nitrogens with zero attached hydrogens (tertiary/aromatic N) is 6. The maximum Gasteiger partial charge on any atom is 0.277 e. The minimum atomic E-state index is -0.337. The second kappa shape index (κ2) is 6.98. The van der Waals surface area contributed by atoms with Crippen molar-refractivity contribution < 1.29 is 4.79 Å². The molecule has 4 rings (SSSR count). The second-order valence-electron chi connectivity index (χ2n) is 5.62. The minimum absolute atomic E-state index is 0.232. The maximum atomic E-state index is 12.4. The Bertz CT molecular complexity index is 1010. The van der Waals surface area contributed by atoms with E-state index < -0.39 is 0 Å². The molecule has 3 aromatic heterocycles. The summed E-state index contributed by atoms with van der Waals surface area (Å²) in [5.41, 5.74) is 2.74. The molecule has 4 aromatic rings. The van der Waals surface area contributed by atoms with E-state index in [1.54, 1.807) is 40.3 Å². The monoisotopic (exact) mass is 345 g/mol. The average Bonchev–Trinajstić information content (AvgIpc) is 3.33. The van der Waals surface area contributed by atoms with E-state index in [2.05, 4.69) is 25.7 Å². The van der Waals surface area contributed by atoms with Gasteiger partial charge in [-0.05, 0) is 29.8 Å². The molecule has 0 unspecified atom stereocenters. The molecule has 0 aliphatic carbocycles. The predicted octanol–water partition coefficient (Wildman–Crippen LogP) is 2.16. The number of anilines is 1. The first kappa shape index (κ1) is 15.7. The summed E-state index contributed by atoms with van der Waals surface area (Å²) < 4.78 is 3.30. The Morgan fingerprint density at radius 1 is 1.04 bits per heavy atom. The highest BCUT2D eigenvalue weighted by Crippen LogP contribution is 2.10. The molecule has 0 radical (unpaired) electrons.